The Morgan fingerprint density at radius 1 is 1.29 bits per heavy atom. The number of hydrogen-bond acceptors (Lipinski definition) is 4. The molecule has 1 unspecified atom stereocenters. The molecule has 1 heterocycles. The summed E-state index contributed by atoms with van der Waals surface area (Å²) >= 11 is 0. The van der Waals surface area contributed by atoms with E-state index in [4.69, 9.17) is 0 Å². The summed E-state index contributed by atoms with van der Waals surface area (Å²) in [6, 6.07) is 7.99. The summed E-state index contributed by atoms with van der Waals surface area (Å²) in [5.74, 6) is 0.352. The highest BCUT2D eigenvalue weighted by Gasteiger charge is 2.21. The first-order chi connectivity index (χ1) is 10.1. The molecule has 0 bridgehead atoms. The topological polar surface area (TPSA) is 48.4 Å². The Morgan fingerprint density at radius 3 is 2.95 bits per heavy atom. The SMILES string of the molecule is CN(C)c1ccncc1NC1CCCc2cc(O)ccc21. The number of nitrogens with one attached hydrogen (secondary N) is 1. The Kier molecular flexibility index (Phi) is 3.69. The summed E-state index contributed by atoms with van der Waals surface area (Å²) in [6.07, 6.45) is 6.96. The van der Waals surface area contributed by atoms with E-state index in [0.717, 1.165) is 30.6 Å². The number of fused-ring (bicyclic) bond motifs is 1. The number of rotatable bonds is 3. The van der Waals surface area contributed by atoms with Gasteiger partial charge in [-0.25, -0.2) is 0 Å². The summed E-state index contributed by atoms with van der Waals surface area (Å²) in [5.41, 5.74) is 4.71. The Morgan fingerprint density at radius 2 is 2.14 bits per heavy atom. The van der Waals surface area contributed by atoms with E-state index in [1.807, 2.05) is 44.7 Å². The maximum absolute atomic E-state index is 9.64. The predicted molar refractivity (Wildman–Crippen MR) is 86.0 cm³/mol. The number of pyridine rings is 1. The lowest BCUT2D eigenvalue weighted by Gasteiger charge is -2.29. The van der Waals surface area contributed by atoms with Gasteiger partial charge in [-0.2, -0.15) is 0 Å². The van der Waals surface area contributed by atoms with Gasteiger partial charge in [0.1, 0.15) is 5.75 Å². The van der Waals surface area contributed by atoms with E-state index in [0.29, 0.717) is 5.75 Å². The van der Waals surface area contributed by atoms with Crippen molar-refractivity contribution in [2.75, 3.05) is 24.3 Å². The van der Waals surface area contributed by atoms with Crippen LogP contribution in [-0.4, -0.2) is 24.2 Å². The monoisotopic (exact) mass is 283 g/mol. The van der Waals surface area contributed by atoms with Crippen molar-refractivity contribution in [1.82, 2.24) is 4.98 Å². The molecule has 4 nitrogen and oxygen atoms in total. The fourth-order valence-corrected chi connectivity index (χ4v) is 3.03. The lowest BCUT2D eigenvalue weighted by molar-refractivity contribution is 0.472. The summed E-state index contributed by atoms with van der Waals surface area (Å²) in [6.45, 7) is 0. The molecular formula is C17H21N3O. The number of phenols is 1. The molecule has 1 aliphatic rings. The third kappa shape index (κ3) is 2.79. The first kappa shape index (κ1) is 13.7. The summed E-state index contributed by atoms with van der Waals surface area (Å²) in [7, 11) is 4.07. The van der Waals surface area contributed by atoms with Gasteiger partial charge >= 0.3 is 0 Å². The molecule has 0 saturated heterocycles. The van der Waals surface area contributed by atoms with Gasteiger partial charge in [-0.1, -0.05) is 6.07 Å². The highest BCUT2D eigenvalue weighted by Crippen LogP contribution is 2.36. The highest BCUT2D eigenvalue weighted by molar-refractivity contribution is 5.68. The first-order valence-corrected chi connectivity index (χ1v) is 7.35. The molecule has 0 radical (unpaired) electrons. The molecule has 1 aromatic carbocycles. The second kappa shape index (κ2) is 5.64. The van der Waals surface area contributed by atoms with Crippen molar-refractivity contribution in [2.24, 2.45) is 0 Å². The minimum absolute atomic E-state index is 0.275. The molecule has 110 valence electrons. The van der Waals surface area contributed by atoms with E-state index in [2.05, 4.69) is 15.2 Å². The maximum atomic E-state index is 9.64. The van der Waals surface area contributed by atoms with Gasteiger partial charge in [0.2, 0.25) is 0 Å². The van der Waals surface area contributed by atoms with E-state index < -0.39 is 0 Å². The van der Waals surface area contributed by atoms with Gasteiger partial charge in [-0.15, -0.1) is 0 Å². The second-order valence-electron chi connectivity index (χ2n) is 5.76. The van der Waals surface area contributed by atoms with Crippen LogP contribution in [0.1, 0.15) is 30.0 Å². The average molecular weight is 283 g/mol. The zero-order valence-corrected chi connectivity index (χ0v) is 12.5. The van der Waals surface area contributed by atoms with Gasteiger partial charge in [0.15, 0.2) is 0 Å². The van der Waals surface area contributed by atoms with Gasteiger partial charge in [0.25, 0.3) is 0 Å². The molecule has 1 atom stereocenters. The lowest BCUT2D eigenvalue weighted by Crippen LogP contribution is -2.19. The summed E-state index contributed by atoms with van der Waals surface area (Å²) < 4.78 is 0. The van der Waals surface area contributed by atoms with Crippen LogP contribution in [-0.2, 0) is 6.42 Å². The van der Waals surface area contributed by atoms with Crippen LogP contribution in [0.3, 0.4) is 0 Å². The van der Waals surface area contributed by atoms with E-state index in [-0.39, 0.29) is 6.04 Å². The zero-order chi connectivity index (χ0) is 14.8. The molecule has 0 aliphatic heterocycles. The van der Waals surface area contributed by atoms with Crippen LogP contribution in [0, 0.1) is 0 Å². The molecular weight excluding hydrogens is 262 g/mol. The number of anilines is 2. The Balaban J connectivity index is 1.91. The van der Waals surface area contributed by atoms with Crippen LogP contribution in [0.15, 0.2) is 36.7 Å². The van der Waals surface area contributed by atoms with Crippen LogP contribution >= 0.6 is 0 Å². The molecule has 0 spiro atoms. The number of nitrogens with zero attached hydrogens (tertiary/aromatic N) is 2. The van der Waals surface area contributed by atoms with E-state index in [9.17, 15) is 5.11 Å². The molecule has 4 heteroatoms. The highest BCUT2D eigenvalue weighted by atomic mass is 16.3. The molecule has 2 aromatic rings. The lowest BCUT2D eigenvalue weighted by atomic mass is 9.87. The standard InChI is InChI=1S/C17H21N3O/c1-20(2)17-8-9-18-11-16(17)19-15-5-3-4-12-10-13(21)6-7-14(12)15/h6-11,15,19,21H,3-5H2,1-2H3. The molecule has 3 rings (SSSR count). The third-order valence-corrected chi connectivity index (χ3v) is 4.05. The van der Waals surface area contributed by atoms with Crippen LogP contribution < -0.4 is 10.2 Å². The maximum Gasteiger partial charge on any atom is 0.115 e. The molecule has 1 aliphatic carbocycles. The molecule has 1 aromatic heterocycles. The van der Waals surface area contributed by atoms with Gasteiger partial charge < -0.3 is 15.3 Å². The van der Waals surface area contributed by atoms with Crippen LogP contribution in [0.2, 0.25) is 0 Å². The van der Waals surface area contributed by atoms with E-state index >= 15 is 0 Å². The molecule has 21 heavy (non-hydrogen) atoms. The van der Waals surface area contributed by atoms with Crippen molar-refractivity contribution in [2.45, 2.75) is 25.3 Å². The fraction of sp³-hybridized carbons (Fsp3) is 0.353. The molecule has 0 fully saturated rings. The molecule has 0 saturated carbocycles. The number of hydrogen-bond donors (Lipinski definition) is 2. The molecule has 0 amide bonds. The van der Waals surface area contributed by atoms with Gasteiger partial charge in [-0.05, 0) is 48.6 Å². The van der Waals surface area contributed by atoms with Crippen molar-refractivity contribution in [3.63, 3.8) is 0 Å². The Labute approximate surface area is 125 Å². The number of aromatic hydroxyl groups is 1. The van der Waals surface area contributed by atoms with Crippen molar-refractivity contribution in [1.29, 1.82) is 0 Å². The Bertz CT molecular complexity index is 640. The number of phenolic OH excluding ortho intramolecular Hbond substituents is 1. The first-order valence-electron chi connectivity index (χ1n) is 7.35. The van der Waals surface area contributed by atoms with Crippen molar-refractivity contribution < 1.29 is 5.11 Å². The minimum Gasteiger partial charge on any atom is -0.508 e. The predicted octanol–water partition coefficient (Wildman–Crippen LogP) is 3.34. The Hall–Kier alpha value is -2.23. The van der Waals surface area contributed by atoms with Crippen LogP contribution in [0.4, 0.5) is 11.4 Å². The smallest absolute Gasteiger partial charge is 0.115 e. The molecule has 2 N–H and O–H groups in total. The van der Waals surface area contributed by atoms with E-state index in [1.165, 1.54) is 11.1 Å². The fourth-order valence-electron chi connectivity index (χ4n) is 3.03. The minimum atomic E-state index is 0.275. The van der Waals surface area contributed by atoms with Crippen molar-refractivity contribution >= 4 is 11.4 Å². The van der Waals surface area contributed by atoms with Crippen LogP contribution in [0.25, 0.3) is 0 Å². The summed E-state index contributed by atoms with van der Waals surface area (Å²) in [4.78, 5) is 6.32. The third-order valence-electron chi connectivity index (χ3n) is 4.05. The van der Waals surface area contributed by atoms with Gasteiger partial charge in [-0.3, -0.25) is 4.98 Å². The van der Waals surface area contributed by atoms with Crippen LogP contribution in [0.5, 0.6) is 5.75 Å². The normalized spacial score (nSPS) is 17.1. The van der Waals surface area contributed by atoms with Gasteiger partial charge in [0.05, 0.1) is 23.6 Å². The number of aromatic nitrogens is 1. The van der Waals surface area contributed by atoms with Crippen molar-refractivity contribution in [3.05, 3.63) is 47.8 Å². The zero-order valence-electron chi connectivity index (χ0n) is 12.5. The van der Waals surface area contributed by atoms with E-state index in [1.54, 1.807) is 6.07 Å². The summed E-state index contributed by atoms with van der Waals surface area (Å²) in [5, 5.41) is 13.3. The van der Waals surface area contributed by atoms with Crippen molar-refractivity contribution in [3.8, 4) is 5.75 Å². The largest absolute Gasteiger partial charge is 0.508 e. The number of aryl methyl sites for hydroxylation is 1. The second-order valence-corrected chi connectivity index (χ2v) is 5.76. The van der Waals surface area contributed by atoms with Gasteiger partial charge in [0, 0.05) is 20.3 Å². The number of benzene rings is 1. The quantitative estimate of drug-likeness (QED) is 0.907. The average Bonchev–Trinajstić information content (AvgIpc) is 2.47.